The van der Waals surface area contributed by atoms with Crippen LogP contribution < -0.4 is 5.73 Å². The Balaban J connectivity index is 2.60. The van der Waals surface area contributed by atoms with Crippen LogP contribution in [-0.2, 0) is 0 Å². The van der Waals surface area contributed by atoms with Gasteiger partial charge in [0.15, 0.2) is 0 Å². The molecule has 1 atom stereocenters. The Morgan fingerprint density at radius 1 is 1.31 bits per heavy atom. The lowest BCUT2D eigenvalue weighted by molar-refractivity contribution is 0.0851. The first-order valence-corrected chi connectivity index (χ1v) is 5.22. The summed E-state index contributed by atoms with van der Waals surface area (Å²) in [5.41, 5.74) is 6.09. The van der Waals surface area contributed by atoms with Gasteiger partial charge in [-0.25, -0.2) is 0 Å². The average molecular weight is 182 g/mol. The Labute approximate surface area is 81.8 Å². The van der Waals surface area contributed by atoms with Crippen LogP contribution in [0.15, 0.2) is 12.7 Å². The lowest BCUT2D eigenvalue weighted by atomic mass is 9.91. The van der Waals surface area contributed by atoms with Gasteiger partial charge in [0.25, 0.3) is 0 Å². The van der Waals surface area contributed by atoms with Gasteiger partial charge in [0.1, 0.15) is 0 Å². The summed E-state index contributed by atoms with van der Waals surface area (Å²) in [6.07, 6.45) is 5.85. The highest BCUT2D eigenvalue weighted by atomic mass is 15.2. The highest BCUT2D eigenvalue weighted by Crippen LogP contribution is 2.23. The summed E-state index contributed by atoms with van der Waals surface area (Å²) < 4.78 is 0. The van der Waals surface area contributed by atoms with Crippen LogP contribution in [0.3, 0.4) is 0 Å². The van der Waals surface area contributed by atoms with E-state index in [9.17, 15) is 0 Å². The molecule has 1 rings (SSSR count). The second-order valence-corrected chi connectivity index (χ2v) is 4.46. The van der Waals surface area contributed by atoms with Crippen molar-refractivity contribution in [2.45, 2.75) is 44.7 Å². The molecule has 0 radical (unpaired) electrons. The summed E-state index contributed by atoms with van der Waals surface area (Å²) in [4.78, 5) is 2.49. The van der Waals surface area contributed by atoms with Crippen LogP contribution >= 0.6 is 0 Å². The van der Waals surface area contributed by atoms with Crippen molar-refractivity contribution in [1.29, 1.82) is 0 Å². The normalized spacial score (nSPS) is 22.7. The molecular formula is C11H22N2. The lowest BCUT2D eigenvalue weighted by Crippen LogP contribution is -2.56. The Morgan fingerprint density at radius 3 is 2.31 bits per heavy atom. The van der Waals surface area contributed by atoms with E-state index >= 15 is 0 Å². The first-order valence-electron chi connectivity index (χ1n) is 5.22. The molecule has 13 heavy (non-hydrogen) atoms. The highest BCUT2D eigenvalue weighted by Gasteiger charge is 2.31. The zero-order valence-corrected chi connectivity index (χ0v) is 8.92. The third-order valence-electron chi connectivity index (χ3n) is 3.24. The molecule has 0 saturated carbocycles. The summed E-state index contributed by atoms with van der Waals surface area (Å²) >= 11 is 0. The van der Waals surface area contributed by atoms with E-state index in [2.05, 4.69) is 25.3 Å². The third-order valence-corrected chi connectivity index (χ3v) is 3.24. The molecule has 2 nitrogen and oxygen atoms in total. The van der Waals surface area contributed by atoms with Gasteiger partial charge in [-0.3, -0.25) is 4.90 Å². The Kier molecular flexibility index (Phi) is 3.51. The minimum atomic E-state index is 0.0716. The van der Waals surface area contributed by atoms with Gasteiger partial charge in [0, 0.05) is 11.6 Å². The molecule has 1 aliphatic heterocycles. The van der Waals surface area contributed by atoms with Gasteiger partial charge in [-0.15, -0.1) is 6.58 Å². The van der Waals surface area contributed by atoms with E-state index in [0.29, 0.717) is 0 Å². The minimum Gasteiger partial charge on any atom is -0.323 e. The molecule has 0 amide bonds. The van der Waals surface area contributed by atoms with Crippen LogP contribution in [0, 0.1) is 0 Å². The van der Waals surface area contributed by atoms with Gasteiger partial charge < -0.3 is 5.73 Å². The van der Waals surface area contributed by atoms with Crippen molar-refractivity contribution < 1.29 is 0 Å². The molecule has 0 aliphatic carbocycles. The molecule has 2 heteroatoms. The van der Waals surface area contributed by atoms with Crippen molar-refractivity contribution in [3.8, 4) is 0 Å². The molecule has 1 aliphatic rings. The number of hydrogen-bond acceptors (Lipinski definition) is 2. The summed E-state index contributed by atoms with van der Waals surface area (Å²) in [6.45, 7) is 10.6. The van der Waals surface area contributed by atoms with Gasteiger partial charge in [-0.2, -0.15) is 0 Å². The van der Waals surface area contributed by atoms with E-state index in [1.54, 1.807) is 0 Å². The molecule has 1 heterocycles. The Morgan fingerprint density at radius 2 is 1.85 bits per heavy atom. The predicted octanol–water partition coefficient (Wildman–Crippen LogP) is 1.76. The molecule has 0 aromatic carbocycles. The monoisotopic (exact) mass is 182 g/mol. The Hall–Kier alpha value is -0.340. The van der Waals surface area contributed by atoms with Gasteiger partial charge >= 0.3 is 0 Å². The fraction of sp³-hybridized carbons (Fsp3) is 0.818. The molecule has 0 aromatic heterocycles. The third kappa shape index (κ3) is 2.32. The summed E-state index contributed by atoms with van der Waals surface area (Å²) in [6, 6.07) is 0.0746. The topological polar surface area (TPSA) is 29.3 Å². The van der Waals surface area contributed by atoms with E-state index in [-0.39, 0.29) is 11.6 Å². The number of likely N-dealkylation sites (tertiary alicyclic amines) is 1. The van der Waals surface area contributed by atoms with Gasteiger partial charge in [0.05, 0.1) is 0 Å². The molecule has 1 saturated heterocycles. The van der Waals surface area contributed by atoms with Crippen molar-refractivity contribution in [2.24, 2.45) is 5.73 Å². The van der Waals surface area contributed by atoms with Crippen LogP contribution in [0.1, 0.15) is 33.1 Å². The molecule has 1 unspecified atom stereocenters. The van der Waals surface area contributed by atoms with Crippen molar-refractivity contribution in [3.63, 3.8) is 0 Å². The van der Waals surface area contributed by atoms with Gasteiger partial charge in [-0.05, 0) is 39.8 Å². The summed E-state index contributed by atoms with van der Waals surface area (Å²) in [5, 5.41) is 0. The number of piperidine rings is 1. The van der Waals surface area contributed by atoms with Gasteiger partial charge in [-0.1, -0.05) is 12.5 Å². The van der Waals surface area contributed by atoms with Crippen molar-refractivity contribution in [3.05, 3.63) is 12.7 Å². The lowest BCUT2D eigenvalue weighted by Gasteiger charge is -2.43. The highest BCUT2D eigenvalue weighted by molar-refractivity contribution is 5.01. The number of nitrogens with zero attached hydrogens (tertiary/aromatic N) is 1. The molecule has 2 N–H and O–H groups in total. The zero-order valence-electron chi connectivity index (χ0n) is 8.92. The van der Waals surface area contributed by atoms with E-state index < -0.39 is 0 Å². The maximum Gasteiger partial charge on any atom is 0.0403 e. The Bertz CT molecular complexity index is 169. The number of hydrogen-bond donors (Lipinski definition) is 1. The zero-order chi connectivity index (χ0) is 9.90. The molecular weight excluding hydrogens is 160 g/mol. The average Bonchev–Trinajstić information content (AvgIpc) is 2.18. The molecule has 0 aromatic rings. The second kappa shape index (κ2) is 4.25. The molecule has 76 valence electrons. The van der Waals surface area contributed by atoms with Crippen LogP contribution in [0.25, 0.3) is 0 Å². The molecule has 0 spiro atoms. The quantitative estimate of drug-likeness (QED) is 0.674. The first-order chi connectivity index (χ1) is 6.09. The minimum absolute atomic E-state index is 0.0716. The van der Waals surface area contributed by atoms with Crippen LogP contribution in [0.2, 0.25) is 0 Å². The van der Waals surface area contributed by atoms with Crippen LogP contribution in [0.5, 0.6) is 0 Å². The van der Waals surface area contributed by atoms with Crippen LogP contribution in [-0.4, -0.2) is 29.6 Å². The molecule has 1 fully saturated rings. The fourth-order valence-corrected chi connectivity index (χ4v) is 1.97. The summed E-state index contributed by atoms with van der Waals surface area (Å²) in [7, 11) is 0. The molecule has 0 bridgehead atoms. The van der Waals surface area contributed by atoms with Crippen molar-refractivity contribution >= 4 is 0 Å². The maximum atomic E-state index is 6.02. The number of rotatable bonds is 3. The van der Waals surface area contributed by atoms with Crippen molar-refractivity contribution in [2.75, 3.05) is 13.1 Å². The predicted molar refractivity (Wildman–Crippen MR) is 57.7 cm³/mol. The van der Waals surface area contributed by atoms with E-state index in [0.717, 1.165) is 0 Å². The van der Waals surface area contributed by atoms with E-state index in [1.807, 2.05) is 6.08 Å². The standard InChI is InChI=1S/C11H22N2/c1-4-10(12)11(2,3)13-8-6-5-7-9-13/h4,10H,1,5-9,12H2,2-3H3. The SMILES string of the molecule is C=CC(N)C(C)(C)N1CCCCC1. The van der Waals surface area contributed by atoms with Crippen LogP contribution in [0.4, 0.5) is 0 Å². The second-order valence-electron chi connectivity index (χ2n) is 4.46. The van der Waals surface area contributed by atoms with E-state index in [1.165, 1.54) is 32.4 Å². The largest absolute Gasteiger partial charge is 0.323 e. The van der Waals surface area contributed by atoms with Gasteiger partial charge in [0.2, 0.25) is 0 Å². The smallest absolute Gasteiger partial charge is 0.0403 e. The maximum absolute atomic E-state index is 6.02. The fourth-order valence-electron chi connectivity index (χ4n) is 1.97. The summed E-state index contributed by atoms with van der Waals surface area (Å²) in [5.74, 6) is 0. The van der Waals surface area contributed by atoms with Crippen molar-refractivity contribution in [1.82, 2.24) is 4.90 Å². The first kappa shape index (κ1) is 10.7. The number of nitrogens with two attached hydrogens (primary N) is 1. The van der Waals surface area contributed by atoms with E-state index in [4.69, 9.17) is 5.73 Å².